The van der Waals surface area contributed by atoms with Gasteiger partial charge in [0.2, 0.25) is 0 Å². The van der Waals surface area contributed by atoms with Crippen LogP contribution in [0.3, 0.4) is 0 Å². The summed E-state index contributed by atoms with van der Waals surface area (Å²) in [5.41, 5.74) is 0. The van der Waals surface area contributed by atoms with Gasteiger partial charge in [-0.3, -0.25) is 4.90 Å². The second kappa shape index (κ2) is 6.65. The van der Waals surface area contributed by atoms with Crippen molar-refractivity contribution in [1.29, 1.82) is 0 Å². The largest absolute Gasteiger partial charge is 1.00 e. The predicted molar refractivity (Wildman–Crippen MR) is 55.9 cm³/mol. The molecule has 0 amide bonds. The van der Waals surface area contributed by atoms with Gasteiger partial charge in [0.1, 0.15) is 0 Å². The molecule has 0 radical (unpaired) electrons. The van der Waals surface area contributed by atoms with Gasteiger partial charge in [0.25, 0.3) is 0 Å². The van der Waals surface area contributed by atoms with Crippen molar-refractivity contribution < 1.29 is 12.4 Å². The highest BCUT2D eigenvalue weighted by Gasteiger charge is 2.20. The Labute approximate surface area is 93.8 Å². The lowest BCUT2D eigenvalue weighted by Gasteiger charge is -2.34. The van der Waals surface area contributed by atoms with E-state index in [4.69, 9.17) is 0 Å². The second-order valence-electron chi connectivity index (χ2n) is 4.43. The Morgan fingerprint density at radius 1 is 0.857 bits per heavy atom. The molecular weight excluding hydrogens is 196 g/mol. The molecule has 3 heteroatoms. The summed E-state index contributed by atoms with van der Waals surface area (Å²) < 4.78 is 0. The molecule has 1 N–H and O–H groups in total. The molecule has 84 valence electrons. The van der Waals surface area contributed by atoms with Crippen molar-refractivity contribution in [2.24, 2.45) is 0 Å². The summed E-state index contributed by atoms with van der Waals surface area (Å²) in [4.78, 5) is 2.71. The van der Waals surface area contributed by atoms with Crippen LogP contribution in [0.5, 0.6) is 0 Å². The number of piperazine rings is 1. The average Bonchev–Trinajstić information content (AvgIpc) is 2.47. The minimum absolute atomic E-state index is 0. The molecule has 2 fully saturated rings. The van der Waals surface area contributed by atoms with Crippen LogP contribution in [0.4, 0.5) is 0 Å². The smallest absolute Gasteiger partial charge is 0.0110 e. The summed E-state index contributed by atoms with van der Waals surface area (Å²) in [6, 6.07) is 0.921. The van der Waals surface area contributed by atoms with E-state index in [0.29, 0.717) is 0 Å². The fraction of sp³-hybridized carbons (Fsp3) is 1.00. The molecule has 1 aliphatic carbocycles. The van der Waals surface area contributed by atoms with E-state index in [-0.39, 0.29) is 12.4 Å². The quantitative estimate of drug-likeness (QED) is 0.545. The second-order valence-corrected chi connectivity index (χ2v) is 4.43. The lowest BCUT2D eigenvalue weighted by Crippen LogP contribution is -3.00. The van der Waals surface area contributed by atoms with Crippen LogP contribution in [0, 0.1) is 0 Å². The summed E-state index contributed by atoms with van der Waals surface area (Å²) in [5.74, 6) is 0. The topological polar surface area (TPSA) is 15.3 Å². The van der Waals surface area contributed by atoms with Gasteiger partial charge in [-0.1, -0.05) is 25.7 Å². The third-order valence-corrected chi connectivity index (χ3v) is 3.49. The van der Waals surface area contributed by atoms with Crippen LogP contribution in [0.25, 0.3) is 0 Å². The van der Waals surface area contributed by atoms with Crippen molar-refractivity contribution in [2.45, 2.75) is 44.6 Å². The van der Waals surface area contributed by atoms with Crippen molar-refractivity contribution in [3.8, 4) is 0 Å². The molecule has 0 atom stereocenters. The molecule has 2 rings (SSSR count). The maximum absolute atomic E-state index is 3.43. The Bertz CT molecular complexity index is 138. The van der Waals surface area contributed by atoms with Crippen LogP contribution < -0.4 is 17.7 Å². The monoisotopic (exact) mass is 217 g/mol. The number of halogens is 1. The predicted octanol–water partition coefficient (Wildman–Crippen LogP) is -1.38. The molecule has 0 unspecified atom stereocenters. The van der Waals surface area contributed by atoms with Crippen molar-refractivity contribution in [1.82, 2.24) is 10.2 Å². The Hall–Kier alpha value is 0.210. The Morgan fingerprint density at radius 3 is 2.00 bits per heavy atom. The zero-order valence-electron chi connectivity index (χ0n) is 8.97. The van der Waals surface area contributed by atoms with Crippen LogP contribution in [0.1, 0.15) is 38.5 Å². The lowest BCUT2D eigenvalue weighted by molar-refractivity contribution is -0.00000284. The Balaban J connectivity index is 0.000000980. The standard InChI is InChI=1S/C11H22N2.ClH/c1-2-4-6-11(5-3-1)13-9-7-12-8-10-13;/h11-12H,1-10H2;1H/p-1. The van der Waals surface area contributed by atoms with E-state index in [2.05, 4.69) is 10.2 Å². The van der Waals surface area contributed by atoms with E-state index in [1.165, 1.54) is 64.7 Å². The van der Waals surface area contributed by atoms with Gasteiger partial charge in [-0.15, -0.1) is 0 Å². The zero-order valence-corrected chi connectivity index (χ0v) is 9.73. The van der Waals surface area contributed by atoms with Crippen LogP contribution in [-0.2, 0) is 0 Å². The van der Waals surface area contributed by atoms with Crippen LogP contribution in [0.2, 0.25) is 0 Å². The first-order valence-corrected chi connectivity index (χ1v) is 5.91. The highest BCUT2D eigenvalue weighted by atomic mass is 35.5. The van der Waals surface area contributed by atoms with Gasteiger partial charge in [-0.25, -0.2) is 0 Å². The average molecular weight is 218 g/mol. The SMILES string of the molecule is C1CCCC(N2CCNCC2)CC1.[Cl-]. The zero-order chi connectivity index (χ0) is 8.93. The van der Waals surface area contributed by atoms with Crippen LogP contribution >= 0.6 is 0 Å². The minimum atomic E-state index is 0. The molecule has 0 aromatic carbocycles. The molecule has 2 nitrogen and oxygen atoms in total. The third kappa shape index (κ3) is 3.41. The van der Waals surface area contributed by atoms with E-state index < -0.39 is 0 Å². The molecule has 1 saturated carbocycles. The van der Waals surface area contributed by atoms with Crippen molar-refractivity contribution >= 4 is 0 Å². The van der Waals surface area contributed by atoms with Crippen molar-refractivity contribution in [3.63, 3.8) is 0 Å². The normalized spacial score (nSPS) is 26.6. The fourth-order valence-electron chi connectivity index (χ4n) is 2.67. The molecule has 14 heavy (non-hydrogen) atoms. The Kier molecular flexibility index (Phi) is 5.83. The van der Waals surface area contributed by atoms with E-state index in [1.54, 1.807) is 0 Å². The lowest BCUT2D eigenvalue weighted by atomic mass is 10.1. The molecule has 0 bridgehead atoms. The third-order valence-electron chi connectivity index (χ3n) is 3.49. The first-order chi connectivity index (χ1) is 6.47. The highest BCUT2D eigenvalue weighted by molar-refractivity contribution is 4.78. The maximum Gasteiger partial charge on any atom is 0.0110 e. The summed E-state index contributed by atoms with van der Waals surface area (Å²) in [6.07, 6.45) is 8.80. The Morgan fingerprint density at radius 2 is 1.43 bits per heavy atom. The van der Waals surface area contributed by atoms with Crippen molar-refractivity contribution in [3.05, 3.63) is 0 Å². The van der Waals surface area contributed by atoms with E-state index >= 15 is 0 Å². The number of hydrogen-bond acceptors (Lipinski definition) is 2. The number of nitrogens with one attached hydrogen (secondary N) is 1. The summed E-state index contributed by atoms with van der Waals surface area (Å²) in [6.45, 7) is 4.97. The molecule has 1 heterocycles. The molecule has 2 aliphatic rings. The summed E-state index contributed by atoms with van der Waals surface area (Å²) in [5, 5.41) is 3.43. The van der Waals surface area contributed by atoms with Crippen LogP contribution in [-0.4, -0.2) is 37.1 Å². The van der Waals surface area contributed by atoms with Gasteiger partial charge in [0.15, 0.2) is 0 Å². The van der Waals surface area contributed by atoms with Crippen LogP contribution in [0.15, 0.2) is 0 Å². The summed E-state index contributed by atoms with van der Waals surface area (Å²) >= 11 is 0. The molecule has 0 aromatic heterocycles. The van der Waals surface area contributed by atoms with Gasteiger partial charge < -0.3 is 17.7 Å². The maximum atomic E-state index is 3.43. The van der Waals surface area contributed by atoms with Crippen molar-refractivity contribution in [2.75, 3.05) is 26.2 Å². The molecule has 1 saturated heterocycles. The van der Waals surface area contributed by atoms with E-state index in [1.807, 2.05) is 0 Å². The number of rotatable bonds is 1. The molecular formula is C11H22ClN2-. The van der Waals surface area contributed by atoms with Gasteiger partial charge in [-0.2, -0.15) is 0 Å². The van der Waals surface area contributed by atoms with E-state index in [0.717, 1.165) is 6.04 Å². The molecule has 0 aromatic rings. The highest BCUT2D eigenvalue weighted by Crippen LogP contribution is 2.21. The number of nitrogens with zero attached hydrogens (tertiary/aromatic N) is 1. The minimum Gasteiger partial charge on any atom is -1.00 e. The molecule has 1 aliphatic heterocycles. The van der Waals surface area contributed by atoms with Gasteiger partial charge in [0.05, 0.1) is 0 Å². The first kappa shape index (κ1) is 12.3. The van der Waals surface area contributed by atoms with Gasteiger partial charge >= 0.3 is 0 Å². The van der Waals surface area contributed by atoms with E-state index in [9.17, 15) is 0 Å². The van der Waals surface area contributed by atoms with Gasteiger partial charge in [-0.05, 0) is 12.8 Å². The first-order valence-electron chi connectivity index (χ1n) is 5.91. The molecule has 0 spiro atoms. The fourth-order valence-corrected chi connectivity index (χ4v) is 2.67. The number of hydrogen-bond donors (Lipinski definition) is 1. The summed E-state index contributed by atoms with van der Waals surface area (Å²) in [7, 11) is 0. The van der Waals surface area contributed by atoms with Gasteiger partial charge in [0, 0.05) is 32.2 Å².